The van der Waals surface area contributed by atoms with Gasteiger partial charge in [-0.1, -0.05) is 30.3 Å². The Morgan fingerprint density at radius 1 is 1.35 bits per heavy atom. The summed E-state index contributed by atoms with van der Waals surface area (Å²) in [5, 5.41) is 3.13. The molecule has 0 aliphatic heterocycles. The molecule has 3 heteroatoms. The smallest absolute Gasteiger partial charge is 0.309 e. The maximum absolute atomic E-state index is 11.7. The monoisotopic (exact) mass is 233 g/mol. The molecule has 1 N–H and O–H groups in total. The largest absolute Gasteiger partial charge is 0.461 e. The maximum Gasteiger partial charge on any atom is 0.309 e. The maximum atomic E-state index is 11.7. The van der Waals surface area contributed by atoms with Crippen LogP contribution in [0.25, 0.3) is 0 Å². The molecule has 0 unspecified atom stereocenters. The van der Waals surface area contributed by atoms with Crippen LogP contribution in [0.15, 0.2) is 30.3 Å². The fourth-order valence-corrected chi connectivity index (χ4v) is 2.23. The molecule has 0 bridgehead atoms. The molecule has 0 radical (unpaired) electrons. The molecule has 0 spiro atoms. The number of esters is 1. The van der Waals surface area contributed by atoms with Crippen molar-refractivity contribution in [1.82, 2.24) is 5.32 Å². The van der Waals surface area contributed by atoms with Gasteiger partial charge in [-0.25, -0.2) is 0 Å². The van der Waals surface area contributed by atoms with Gasteiger partial charge in [0, 0.05) is 0 Å². The Kier molecular flexibility index (Phi) is 4.15. The lowest BCUT2D eigenvalue weighted by atomic mass is 9.75. The van der Waals surface area contributed by atoms with Crippen LogP contribution < -0.4 is 5.32 Å². The van der Waals surface area contributed by atoms with Crippen LogP contribution in [0.1, 0.15) is 18.4 Å². The highest BCUT2D eigenvalue weighted by atomic mass is 16.5. The van der Waals surface area contributed by atoms with Crippen LogP contribution in [0.4, 0.5) is 0 Å². The van der Waals surface area contributed by atoms with Crippen molar-refractivity contribution in [2.75, 3.05) is 13.6 Å². The zero-order valence-corrected chi connectivity index (χ0v) is 10.2. The van der Waals surface area contributed by atoms with Gasteiger partial charge in [0.2, 0.25) is 0 Å². The minimum Gasteiger partial charge on any atom is -0.461 e. The molecule has 1 aliphatic carbocycles. The van der Waals surface area contributed by atoms with E-state index < -0.39 is 0 Å². The highest BCUT2D eigenvalue weighted by molar-refractivity contribution is 5.73. The predicted molar refractivity (Wildman–Crippen MR) is 66.4 cm³/mol. The van der Waals surface area contributed by atoms with Crippen LogP contribution in [0, 0.1) is 11.8 Å². The van der Waals surface area contributed by atoms with Crippen molar-refractivity contribution in [1.29, 1.82) is 0 Å². The Morgan fingerprint density at radius 3 is 2.71 bits per heavy atom. The van der Waals surface area contributed by atoms with E-state index >= 15 is 0 Å². The van der Waals surface area contributed by atoms with Crippen LogP contribution in [-0.2, 0) is 16.1 Å². The molecule has 0 atom stereocenters. The first-order valence-electron chi connectivity index (χ1n) is 6.14. The Labute approximate surface area is 102 Å². The van der Waals surface area contributed by atoms with E-state index in [4.69, 9.17) is 4.74 Å². The van der Waals surface area contributed by atoms with Gasteiger partial charge in [0.15, 0.2) is 0 Å². The zero-order valence-electron chi connectivity index (χ0n) is 10.2. The molecule has 0 amide bonds. The summed E-state index contributed by atoms with van der Waals surface area (Å²) in [5.41, 5.74) is 1.05. The molecule has 1 aromatic carbocycles. The second-order valence-corrected chi connectivity index (χ2v) is 4.69. The lowest BCUT2D eigenvalue weighted by molar-refractivity contribution is -0.154. The van der Waals surface area contributed by atoms with Crippen LogP contribution in [0.3, 0.4) is 0 Å². The van der Waals surface area contributed by atoms with Crippen molar-refractivity contribution in [3.05, 3.63) is 35.9 Å². The Morgan fingerprint density at radius 2 is 2.06 bits per heavy atom. The molecule has 92 valence electrons. The van der Waals surface area contributed by atoms with E-state index in [1.807, 2.05) is 37.4 Å². The van der Waals surface area contributed by atoms with Gasteiger partial charge in [-0.2, -0.15) is 0 Å². The molecule has 1 aliphatic rings. The number of benzene rings is 1. The Hall–Kier alpha value is -1.35. The summed E-state index contributed by atoms with van der Waals surface area (Å²) in [6.07, 6.45) is 1.93. The summed E-state index contributed by atoms with van der Waals surface area (Å²) in [4.78, 5) is 11.7. The van der Waals surface area contributed by atoms with Gasteiger partial charge in [-0.15, -0.1) is 0 Å². The molecule has 17 heavy (non-hydrogen) atoms. The van der Waals surface area contributed by atoms with Gasteiger partial charge in [-0.05, 0) is 37.9 Å². The molecular weight excluding hydrogens is 214 g/mol. The first kappa shape index (κ1) is 12.1. The third kappa shape index (κ3) is 3.30. The molecule has 0 aromatic heterocycles. The minimum absolute atomic E-state index is 0.0405. The minimum atomic E-state index is -0.0405. The summed E-state index contributed by atoms with van der Waals surface area (Å²) < 4.78 is 5.30. The fraction of sp³-hybridized carbons (Fsp3) is 0.500. The number of hydrogen-bond donors (Lipinski definition) is 1. The summed E-state index contributed by atoms with van der Waals surface area (Å²) >= 11 is 0. The van der Waals surface area contributed by atoms with Gasteiger partial charge >= 0.3 is 5.97 Å². The second kappa shape index (κ2) is 5.82. The highest BCUT2D eigenvalue weighted by Gasteiger charge is 2.34. The van der Waals surface area contributed by atoms with Gasteiger partial charge in [0.05, 0.1) is 5.92 Å². The first-order valence-corrected chi connectivity index (χ1v) is 6.14. The summed E-state index contributed by atoms with van der Waals surface area (Å²) in [7, 11) is 1.95. The van der Waals surface area contributed by atoms with E-state index in [1.54, 1.807) is 0 Å². The average molecular weight is 233 g/mol. The number of rotatable bonds is 5. The summed E-state index contributed by atoms with van der Waals surface area (Å²) in [6, 6.07) is 9.81. The fourth-order valence-electron chi connectivity index (χ4n) is 2.23. The molecule has 0 saturated heterocycles. The second-order valence-electron chi connectivity index (χ2n) is 4.69. The van der Waals surface area contributed by atoms with E-state index in [-0.39, 0.29) is 11.9 Å². The summed E-state index contributed by atoms with van der Waals surface area (Å²) in [6.45, 7) is 1.40. The van der Waals surface area contributed by atoms with Gasteiger partial charge in [0.1, 0.15) is 6.61 Å². The van der Waals surface area contributed by atoms with Crippen molar-refractivity contribution in [3.63, 3.8) is 0 Å². The van der Waals surface area contributed by atoms with Gasteiger partial charge in [-0.3, -0.25) is 4.79 Å². The molecule has 1 saturated carbocycles. The molecule has 1 aromatic rings. The Balaban J connectivity index is 1.69. The highest BCUT2D eigenvalue weighted by Crippen LogP contribution is 2.34. The molecule has 1 fully saturated rings. The Bertz CT molecular complexity index is 358. The number of nitrogens with one attached hydrogen (secondary N) is 1. The topological polar surface area (TPSA) is 38.3 Å². The number of carbonyl (C=O) groups excluding carboxylic acids is 1. The van der Waals surface area contributed by atoms with Crippen LogP contribution >= 0.6 is 0 Å². The van der Waals surface area contributed by atoms with Crippen LogP contribution in [-0.4, -0.2) is 19.6 Å². The van der Waals surface area contributed by atoms with Gasteiger partial charge in [0.25, 0.3) is 0 Å². The lowest BCUT2D eigenvalue weighted by Gasteiger charge is -2.33. The SMILES string of the molecule is CNCC1CC(C(=O)OCc2ccccc2)C1. The summed E-state index contributed by atoms with van der Waals surface area (Å²) in [5.74, 6) is 0.729. The quantitative estimate of drug-likeness (QED) is 0.790. The van der Waals surface area contributed by atoms with Crippen LogP contribution in [0.2, 0.25) is 0 Å². The normalized spacial score (nSPS) is 22.9. The zero-order chi connectivity index (χ0) is 12.1. The molecule has 3 nitrogen and oxygen atoms in total. The number of hydrogen-bond acceptors (Lipinski definition) is 3. The van der Waals surface area contributed by atoms with Crippen molar-refractivity contribution >= 4 is 5.97 Å². The first-order chi connectivity index (χ1) is 8.29. The number of ether oxygens (including phenoxy) is 1. The van der Waals surface area contributed by atoms with E-state index in [9.17, 15) is 4.79 Å². The van der Waals surface area contributed by atoms with E-state index in [2.05, 4.69) is 5.32 Å². The number of carbonyl (C=O) groups is 1. The van der Waals surface area contributed by atoms with Gasteiger partial charge < -0.3 is 10.1 Å². The lowest BCUT2D eigenvalue weighted by Crippen LogP contribution is -2.36. The van der Waals surface area contributed by atoms with Crippen LogP contribution in [0.5, 0.6) is 0 Å². The molecule has 0 heterocycles. The van der Waals surface area contributed by atoms with E-state index in [1.165, 1.54) is 0 Å². The van der Waals surface area contributed by atoms with Crippen molar-refractivity contribution in [3.8, 4) is 0 Å². The van der Waals surface area contributed by atoms with Crippen molar-refractivity contribution in [2.24, 2.45) is 11.8 Å². The third-order valence-electron chi connectivity index (χ3n) is 3.29. The van der Waals surface area contributed by atoms with E-state index in [0.29, 0.717) is 12.5 Å². The standard InChI is InChI=1S/C14H19NO2/c1-15-9-12-7-13(8-12)14(16)17-10-11-5-3-2-4-6-11/h2-6,12-13,15H,7-10H2,1H3. The average Bonchev–Trinajstić information content (AvgIpc) is 2.31. The molecular formula is C14H19NO2. The molecule has 2 rings (SSSR count). The third-order valence-corrected chi connectivity index (χ3v) is 3.29. The van der Waals surface area contributed by atoms with Crippen molar-refractivity contribution in [2.45, 2.75) is 19.4 Å². The van der Waals surface area contributed by atoms with Crippen molar-refractivity contribution < 1.29 is 9.53 Å². The predicted octanol–water partition coefficient (Wildman–Crippen LogP) is 1.98. The van der Waals surface area contributed by atoms with E-state index in [0.717, 1.165) is 24.9 Å².